The SMILES string of the molecule is O=C(CCN1C(=O)CS[C@@H]1c1ccccc1F)Nc1cccc(F)c1. The number of benzene rings is 2. The number of rotatable bonds is 5. The van der Waals surface area contributed by atoms with Gasteiger partial charge < -0.3 is 10.2 Å². The molecule has 0 aromatic heterocycles. The smallest absolute Gasteiger partial charge is 0.233 e. The van der Waals surface area contributed by atoms with Gasteiger partial charge in [0.15, 0.2) is 0 Å². The zero-order valence-electron chi connectivity index (χ0n) is 13.2. The molecule has 1 aliphatic heterocycles. The first kappa shape index (κ1) is 17.4. The van der Waals surface area contributed by atoms with E-state index >= 15 is 0 Å². The van der Waals surface area contributed by atoms with Gasteiger partial charge in [0.2, 0.25) is 11.8 Å². The third-order valence-electron chi connectivity index (χ3n) is 3.83. The quantitative estimate of drug-likeness (QED) is 0.885. The highest BCUT2D eigenvalue weighted by molar-refractivity contribution is 8.00. The van der Waals surface area contributed by atoms with Crippen molar-refractivity contribution >= 4 is 29.3 Å². The van der Waals surface area contributed by atoms with Crippen molar-refractivity contribution in [2.75, 3.05) is 17.6 Å². The monoisotopic (exact) mass is 362 g/mol. The fourth-order valence-corrected chi connectivity index (χ4v) is 3.88. The highest BCUT2D eigenvalue weighted by Gasteiger charge is 2.34. The molecule has 25 heavy (non-hydrogen) atoms. The normalized spacial score (nSPS) is 17.0. The predicted octanol–water partition coefficient (Wildman–Crippen LogP) is 3.57. The molecular formula is C18H16F2N2O2S. The Kier molecular flexibility index (Phi) is 5.33. The average molecular weight is 362 g/mol. The Balaban J connectivity index is 1.63. The summed E-state index contributed by atoms with van der Waals surface area (Å²) in [4.78, 5) is 25.6. The summed E-state index contributed by atoms with van der Waals surface area (Å²) in [5.74, 6) is -1.02. The molecule has 3 rings (SSSR count). The number of anilines is 1. The van der Waals surface area contributed by atoms with Crippen LogP contribution in [0.4, 0.5) is 14.5 Å². The number of carbonyl (C=O) groups is 2. The van der Waals surface area contributed by atoms with Gasteiger partial charge in [0.05, 0.1) is 5.75 Å². The zero-order valence-corrected chi connectivity index (χ0v) is 14.1. The van der Waals surface area contributed by atoms with Crippen molar-refractivity contribution in [3.63, 3.8) is 0 Å². The van der Waals surface area contributed by atoms with Gasteiger partial charge >= 0.3 is 0 Å². The first-order valence-corrected chi connectivity index (χ1v) is 8.80. The number of carbonyl (C=O) groups excluding carboxylic acids is 2. The van der Waals surface area contributed by atoms with Crippen LogP contribution in [0, 0.1) is 11.6 Å². The molecule has 2 aromatic carbocycles. The van der Waals surface area contributed by atoms with E-state index in [1.165, 1.54) is 40.9 Å². The topological polar surface area (TPSA) is 49.4 Å². The van der Waals surface area contributed by atoms with Crippen LogP contribution in [0.3, 0.4) is 0 Å². The van der Waals surface area contributed by atoms with Gasteiger partial charge in [0, 0.05) is 24.2 Å². The van der Waals surface area contributed by atoms with E-state index in [0.717, 1.165) is 0 Å². The summed E-state index contributed by atoms with van der Waals surface area (Å²) in [7, 11) is 0. The molecule has 1 atom stereocenters. The lowest BCUT2D eigenvalue weighted by Crippen LogP contribution is -2.31. The third kappa shape index (κ3) is 4.17. The fourth-order valence-electron chi connectivity index (χ4n) is 2.64. The van der Waals surface area contributed by atoms with Crippen LogP contribution in [0.1, 0.15) is 17.4 Å². The number of halogens is 2. The van der Waals surface area contributed by atoms with Crippen molar-refractivity contribution < 1.29 is 18.4 Å². The van der Waals surface area contributed by atoms with Crippen LogP contribution in [0.5, 0.6) is 0 Å². The van der Waals surface area contributed by atoms with E-state index in [-0.39, 0.29) is 36.4 Å². The van der Waals surface area contributed by atoms with Crippen LogP contribution in [-0.2, 0) is 9.59 Å². The molecule has 4 nitrogen and oxygen atoms in total. The molecule has 7 heteroatoms. The number of thioether (sulfide) groups is 1. The number of hydrogen-bond donors (Lipinski definition) is 1. The molecule has 0 aliphatic carbocycles. The van der Waals surface area contributed by atoms with Crippen molar-refractivity contribution in [1.82, 2.24) is 4.90 Å². The molecule has 0 bridgehead atoms. The van der Waals surface area contributed by atoms with Crippen LogP contribution >= 0.6 is 11.8 Å². The molecule has 1 fully saturated rings. The summed E-state index contributed by atoms with van der Waals surface area (Å²) in [6, 6.07) is 11.9. The number of hydrogen-bond acceptors (Lipinski definition) is 3. The molecule has 2 aromatic rings. The second-order valence-electron chi connectivity index (χ2n) is 5.58. The maximum absolute atomic E-state index is 14.0. The number of amides is 2. The van der Waals surface area contributed by atoms with Gasteiger partial charge in [0.1, 0.15) is 17.0 Å². The highest BCUT2D eigenvalue weighted by atomic mass is 32.2. The zero-order chi connectivity index (χ0) is 17.8. The van der Waals surface area contributed by atoms with Crippen LogP contribution < -0.4 is 5.32 Å². The number of nitrogens with one attached hydrogen (secondary N) is 1. The van der Waals surface area contributed by atoms with Crippen molar-refractivity contribution in [1.29, 1.82) is 0 Å². The summed E-state index contributed by atoms with van der Waals surface area (Å²) in [5, 5.41) is 2.16. The van der Waals surface area contributed by atoms with Gasteiger partial charge in [-0.3, -0.25) is 9.59 Å². The standard InChI is InChI=1S/C18H16F2N2O2S/c19-12-4-3-5-13(10-12)21-16(23)8-9-22-17(24)11-25-18(22)14-6-1-2-7-15(14)20/h1-7,10,18H,8-9,11H2,(H,21,23)/t18-/m1/s1. The molecule has 0 saturated carbocycles. The van der Waals surface area contributed by atoms with E-state index in [2.05, 4.69) is 5.32 Å². The van der Waals surface area contributed by atoms with E-state index in [1.54, 1.807) is 24.3 Å². The van der Waals surface area contributed by atoms with Crippen molar-refractivity contribution in [2.24, 2.45) is 0 Å². The lowest BCUT2D eigenvalue weighted by atomic mass is 10.2. The Hall–Kier alpha value is -2.41. The minimum absolute atomic E-state index is 0.0494. The summed E-state index contributed by atoms with van der Waals surface area (Å²) in [5.41, 5.74) is 0.793. The summed E-state index contributed by atoms with van der Waals surface area (Å²) < 4.78 is 27.1. The average Bonchev–Trinajstić information content (AvgIpc) is 2.94. The summed E-state index contributed by atoms with van der Waals surface area (Å²) >= 11 is 1.34. The molecule has 130 valence electrons. The van der Waals surface area contributed by atoms with E-state index < -0.39 is 11.2 Å². The van der Waals surface area contributed by atoms with Gasteiger partial charge in [-0.2, -0.15) is 0 Å². The third-order valence-corrected chi connectivity index (χ3v) is 5.07. The Morgan fingerprint density at radius 2 is 2.00 bits per heavy atom. The van der Waals surface area contributed by atoms with Crippen LogP contribution in [0.2, 0.25) is 0 Å². The molecular weight excluding hydrogens is 346 g/mol. The van der Waals surface area contributed by atoms with Crippen molar-refractivity contribution in [2.45, 2.75) is 11.8 Å². The molecule has 1 aliphatic rings. The lowest BCUT2D eigenvalue weighted by Gasteiger charge is -2.24. The molecule has 0 radical (unpaired) electrons. The van der Waals surface area contributed by atoms with Crippen molar-refractivity contribution in [3.05, 3.63) is 65.7 Å². The van der Waals surface area contributed by atoms with E-state index in [9.17, 15) is 18.4 Å². The Labute approximate surface area is 148 Å². The van der Waals surface area contributed by atoms with E-state index in [0.29, 0.717) is 11.3 Å². The van der Waals surface area contributed by atoms with Gasteiger partial charge in [0.25, 0.3) is 0 Å². The molecule has 1 heterocycles. The minimum atomic E-state index is -0.441. The Morgan fingerprint density at radius 3 is 2.76 bits per heavy atom. The number of nitrogens with zero attached hydrogens (tertiary/aromatic N) is 1. The Bertz CT molecular complexity index is 800. The van der Waals surface area contributed by atoms with Crippen LogP contribution in [0.15, 0.2) is 48.5 Å². The molecule has 1 N–H and O–H groups in total. The molecule has 1 saturated heterocycles. The summed E-state index contributed by atoms with van der Waals surface area (Å²) in [6.07, 6.45) is 0.0494. The fraction of sp³-hybridized carbons (Fsp3) is 0.222. The first-order chi connectivity index (χ1) is 12.0. The van der Waals surface area contributed by atoms with Gasteiger partial charge in [-0.1, -0.05) is 24.3 Å². The molecule has 2 amide bonds. The molecule has 0 unspecified atom stereocenters. The highest BCUT2D eigenvalue weighted by Crippen LogP contribution is 2.39. The van der Waals surface area contributed by atoms with Crippen LogP contribution in [0.25, 0.3) is 0 Å². The van der Waals surface area contributed by atoms with E-state index in [1.807, 2.05) is 0 Å². The molecule has 0 spiro atoms. The second-order valence-corrected chi connectivity index (χ2v) is 6.65. The van der Waals surface area contributed by atoms with E-state index in [4.69, 9.17) is 0 Å². The predicted molar refractivity (Wildman–Crippen MR) is 93.0 cm³/mol. The maximum Gasteiger partial charge on any atom is 0.233 e. The van der Waals surface area contributed by atoms with Gasteiger partial charge in [-0.15, -0.1) is 11.8 Å². The Morgan fingerprint density at radius 1 is 1.20 bits per heavy atom. The van der Waals surface area contributed by atoms with Crippen molar-refractivity contribution in [3.8, 4) is 0 Å². The summed E-state index contributed by atoms with van der Waals surface area (Å²) in [6.45, 7) is 0.173. The van der Waals surface area contributed by atoms with Gasteiger partial charge in [-0.25, -0.2) is 8.78 Å². The minimum Gasteiger partial charge on any atom is -0.326 e. The first-order valence-electron chi connectivity index (χ1n) is 7.75. The van der Waals surface area contributed by atoms with Crippen LogP contribution in [-0.4, -0.2) is 29.0 Å². The lowest BCUT2D eigenvalue weighted by molar-refractivity contribution is -0.128. The largest absolute Gasteiger partial charge is 0.326 e. The second kappa shape index (κ2) is 7.65. The maximum atomic E-state index is 14.0. The van der Waals surface area contributed by atoms with Gasteiger partial charge in [-0.05, 0) is 24.3 Å².